The predicted octanol–water partition coefficient (Wildman–Crippen LogP) is 1.16. The number of hydrogen-bond donors (Lipinski definition) is 2. The molecule has 1 unspecified atom stereocenters. The molecule has 23 heavy (non-hydrogen) atoms. The van der Waals surface area contributed by atoms with Crippen LogP contribution in [0.1, 0.15) is 38.2 Å². The number of aliphatic imine (C=N–C) groups is 1. The molecule has 1 aliphatic carbocycles. The highest BCUT2D eigenvalue weighted by atomic mass is 16.3. The minimum atomic E-state index is -0.546. The van der Waals surface area contributed by atoms with Crippen LogP contribution in [0.4, 0.5) is 0 Å². The maximum atomic E-state index is 10.3. The Morgan fingerprint density at radius 2 is 2.35 bits per heavy atom. The van der Waals surface area contributed by atoms with Gasteiger partial charge in [-0.05, 0) is 50.5 Å². The van der Waals surface area contributed by atoms with Crippen molar-refractivity contribution in [2.45, 2.75) is 44.6 Å². The number of nitrogens with one attached hydrogen (secondary N) is 1. The lowest BCUT2D eigenvalue weighted by molar-refractivity contribution is -0.0237. The molecular formula is C17H29N5O. The van der Waals surface area contributed by atoms with Crippen LogP contribution in [0.5, 0.6) is 0 Å². The van der Waals surface area contributed by atoms with Crippen molar-refractivity contribution in [3.8, 4) is 0 Å². The van der Waals surface area contributed by atoms with Gasteiger partial charge in [0, 0.05) is 32.9 Å². The fourth-order valence-corrected chi connectivity index (χ4v) is 3.49. The minimum Gasteiger partial charge on any atom is -0.388 e. The molecule has 1 aromatic rings. The molecule has 0 radical (unpaired) electrons. The Bertz CT molecular complexity index is 549. The Kier molecular flexibility index (Phi) is 4.90. The molecular weight excluding hydrogens is 290 g/mol. The quantitative estimate of drug-likeness (QED) is 0.631. The van der Waals surface area contributed by atoms with Crippen LogP contribution < -0.4 is 5.32 Å². The third-order valence-electron chi connectivity index (χ3n) is 5.01. The molecule has 128 valence electrons. The van der Waals surface area contributed by atoms with Gasteiger partial charge in [-0.1, -0.05) is 0 Å². The van der Waals surface area contributed by atoms with Crippen LogP contribution in [0, 0.1) is 5.92 Å². The van der Waals surface area contributed by atoms with Gasteiger partial charge < -0.3 is 15.3 Å². The fourth-order valence-electron chi connectivity index (χ4n) is 3.49. The van der Waals surface area contributed by atoms with E-state index in [1.807, 2.05) is 17.9 Å². The molecule has 2 N–H and O–H groups in total. The summed E-state index contributed by atoms with van der Waals surface area (Å²) < 4.78 is 1.87. The van der Waals surface area contributed by atoms with Gasteiger partial charge in [0.05, 0.1) is 18.3 Å². The standard InChI is InChI=1S/C17H29N5O/c1-3-18-16(19-13-17(23)6-4-7-17)22-8-5-14(12-22)9-15-10-20-21(2)11-15/h10-11,14,23H,3-9,12-13H2,1-2H3,(H,18,19). The molecule has 6 nitrogen and oxygen atoms in total. The van der Waals surface area contributed by atoms with Crippen molar-refractivity contribution in [2.24, 2.45) is 18.0 Å². The van der Waals surface area contributed by atoms with Crippen molar-refractivity contribution in [3.63, 3.8) is 0 Å². The monoisotopic (exact) mass is 319 g/mol. The smallest absolute Gasteiger partial charge is 0.194 e. The number of rotatable bonds is 5. The normalized spacial score (nSPS) is 23.9. The highest BCUT2D eigenvalue weighted by molar-refractivity contribution is 5.80. The zero-order valence-corrected chi connectivity index (χ0v) is 14.3. The van der Waals surface area contributed by atoms with E-state index in [4.69, 9.17) is 4.99 Å². The molecule has 0 bridgehead atoms. The van der Waals surface area contributed by atoms with Gasteiger partial charge in [-0.2, -0.15) is 5.10 Å². The van der Waals surface area contributed by atoms with E-state index in [1.54, 1.807) is 0 Å². The minimum absolute atomic E-state index is 0.527. The summed E-state index contributed by atoms with van der Waals surface area (Å²) in [5.74, 6) is 1.61. The van der Waals surface area contributed by atoms with Crippen molar-refractivity contribution in [1.29, 1.82) is 0 Å². The molecule has 1 saturated heterocycles. The van der Waals surface area contributed by atoms with E-state index in [2.05, 4.69) is 28.4 Å². The van der Waals surface area contributed by atoms with E-state index in [0.717, 1.165) is 51.3 Å². The zero-order valence-electron chi connectivity index (χ0n) is 14.3. The van der Waals surface area contributed by atoms with Crippen LogP contribution in [-0.2, 0) is 13.5 Å². The molecule has 6 heteroatoms. The number of nitrogens with zero attached hydrogens (tertiary/aromatic N) is 4. The topological polar surface area (TPSA) is 65.7 Å². The maximum Gasteiger partial charge on any atom is 0.194 e. The lowest BCUT2D eigenvalue weighted by Crippen LogP contribution is -2.44. The second-order valence-corrected chi connectivity index (χ2v) is 7.08. The molecule has 2 aliphatic rings. The number of aryl methyl sites for hydroxylation is 1. The van der Waals surface area contributed by atoms with E-state index in [9.17, 15) is 5.11 Å². The Balaban J connectivity index is 1.56. The second-order valence-electron chi connectivity index (χ2n) is 7.08. The third kappa shape index (κ3) is 4.05. The van der Waals surface area contributed by atoms with Crippen LogP contribution in [0.2, 0.25) is 0 Å². The summed E-state index contributed by atoms with van der Waals surface area (Å²) >= 11 is 0. The van der Waals surface area contributed by atoms with Gasteiger partial charge in [0.2, 0.25) is 0 Å². The lowest BCUT2D eigenvalue weighted by Gasteiger charge is -2.35. The van der Waals surface area contributed by atoms with Gasteiger partial charge in [0.25, 0.3) is 0 Å². The van der Waals surface area contributed by atoms with E-state index in [1.165, 1.54) is 12.0 Å². The van der Waals surface area contributed by atoms with Crippen molar-refractivity contribution >= 4 is 5.96 Å². The van der Waals surface area contributed by atoms with Gasteiger partial charge in [0.15, 0.2) is 5.96 Å². The van der Waals surface area contributed by atoms with Crippen molar-refractivity contribution in [2.75, 3.05) is 26.2 Å². The molecule has 0 spiro atoms. The van der Waals surface area contributed by atoms with Crippen LogP contribution in [-0.4, -0.2) is 57.5 Å². The Morgan fingerprint density at radius 3 is 2.96 bits per heavy atom. The molecule has 2 fully saturated rings. The van der Waals surface area contributed by atoms with Crippen LogP contribution in [0.25, 0.3) is 0 Å². The van der Waals surface area contributed by atoms with Gasteiger partial charge in [-0.3, -0.25) is 9.67 Å². The van der Waals surface area contributed by atoms with Crippen molar-refractivity contribution in [1.82, 2.24) is 20.0 Å². The SMILES string of the molecule is CCNC(=NCC1(O)CCC1)N1CCC(Cc2cnn(C)c2)C1. The second kappa shape index (κ2) is 6.91. The first-order valence-corrected chi connectivity index (χ1v) is 8.81. The third-order valence-corrected chi connectivity index (χ3v) is 5.01. The molecule has 3 rings (SSSR count). The van der Waals surface area contributed by atoms with Crippen molar-refractivity contribution < 1.29 is 5.11 Å². The van der Waals surface area contributed by atoms with E-state index < -0.39 is 5.60 Å². The summed E-state index contributed by atoms with van der Waals surface area (Å²) in [6.07, 6.45) is 9.23. The highest BCUT2D eigenvalue weighted by Gasteiger charge is 2.34. The number of likely N-dealkylation sites (tertiary alicyclic amines) is 1. The molecule has 1 saturated carbocycles. The Morgan fingerprint density at radius 1 is 1.52 bits per heavy atom. The van der Waals surface area contributed by atoms with E-state index in [0.29, 0.717) is 12.5 Å². The van der Waals surface area contributed by atoms with Gasteiger partial charge >= 0.3 is 0 Å². The fraction of sp³-hybridized carbons (Fsp3) is 0.765. The first-order valence-electron chi connectivity index (χ1n) is 8.81. The average Bonchev–Trinajstić information content (AvgIpc) is 3.11. The first kappa shape index (κ1) is 16.3. The predicted molar refractivity (Wildman–Crippen MR) is 91.4 cm³/mol. The summed E-state index contributed by atoms with van der Waals surface area (Å²) in [5, 5.41) is 17.9. The van der Waals surface area contributed by atoms with Crippen LogP contribution in [0.3, 0.4) is 0 Å². The summed E-state index contributed by atoms with van der Waals surface area (Å²) in [7, 11) is 1.96. The molecule has 1 aliphatic heterocycles. The summed E-state index contributed by atoms with van der Waals surface area (Å²) in [6.45, 7) is 5.55. The Labute approximate surface area is 138 Å². The number of aliphatic hydroxyl groups is 1. The molecule has 0 amide bonds. The zero-order chi connectivity index (χ0) is 16.3. The van der Waals surface area contributed by atoms with Gasteiger partial charge in [0.1, 0.15) is 0 Å². The van der Waals surface area contributed by atoms with Gasteiger partial charge in [-0.15, -0.1) is 0 Å². The largest absolute Gasteiger partial charge is 0.388 e. The number of hydrogen-bond acceptors (Lipinski definition) is 3. The number of guanidine groups is 1. The number of aromatic nitrogens is 2. The lowest BCUT2D eigenvalue weighted by atomic mass is 9.80. The van der Waals surface area contributed by atoms with Gasteiger partial charge in [-0.25, -0.2) is 0 Å². The summed E-state index contributed by atoms with van der Waals surface area (Å²) in [5.41, 5.74) is 0.764. The summed E-state index contributed by atoms with van der Waals surface area (Å²) in [4.78, 5) is 7.04. The molecule has 0 aromatic carbocycles. The van der Waals surface area contributed by atoms with E-state index >= 15 is 0 Å². The molecule has 1 aromatic heterocycles. The van der Waals surface area contributed by atoms with E-state index in [-0.39, 0.29) is 0 Å². The van der Waals surface area contributed by atoms with Crippen LogP contribution >= 0.6 is 0 Å². The molecule has 2 heterocycles. The average molecular weight is 319 g/mol. The maximum absolute atomic E-state index is 10.3. The highest BCUT2D eigenvalue weighted by Crippen LogP contribution is 2.31. The van der Waals surface area contributed by atoms with Crippen LogP contribution in [0.15, 0.2) is 17.4 Å². The molecule has 1 atom stereocenters. The first-order chi connectivity index (χ1) is 11.1. The Hall–Kier alpha value is -1.56. The summed E-state index contributed by atoms with van der Waals surface area (Å²) in [6, 6.07) is 0. The van der Waals surface area contributed by atoms with Crippen molar-refractivity contribution in [3.05, 3.63) is 18.0 Å².